The van der Waals surface area contributed by atoms with Crippen LogP contribution in [-0.4, -0.2) is 9.55 Å². The highest BCUT2D eigenvalue weighted by Gasteiger charge is 2.47. The Labute approximate surface area is 527 Å². The molecule has 0 fully saturated rings. The lowest BCUT2D eigenvalue weighted by molar-refractivity contribution is 0.768. The molecule has 0 radical (unpaired) electrons. The minimum Gasteiger partial charge on any atom is -0.355 e. The number of nitrogens with one attached hydrogen (secondary N) is 1. The van der Waals surface area contributed by atoms with Gasteiger partial charge in [-0.1, -0.05) is 307 Å². The first kappa shape index (κ1) is 53.6. The van der Waals surface area contributed by atoms with Crippen molar-refractivity contribution in [1.29, 1.82) is 0 Å². The number of fused-ring (bicyclic) bond motifs is 12. The third-order valence-corrected chi connectivity index (χ3v) is 19.1. The van der Waals surface area contributed by atoms with Gasteiger partial charge in [0.1, 0.15) is 0 Å². The summed E-state index contributed by atoms with van der Waals surface area (Å²) in [5.74, 6) is 0. The van der Waals surface area contributed by atoms with Crippen LogP contribution in [-0.2, 0) is 10.8 Å². The van der Waals surface area contributed by atoms with Gasteiger partial charge in [-0.15, -0.1) is 0 Å². The van der Waals surface area contributed by atoms with Gasteiger partial charge < -0.3 is 9.55 Å². The van der Waals surface area contributed by atoms with Crippen LogP contribution in [0.15, 0.2) is 356 Å². The molecule has 0 saturated heterocycles. The second-order valence-corrected chi connectivity index (χ2v) is 24.1. The number of H-pyrrole nitrogens is 1. The fourth-order valence-electron chi connectivity index (χ4n) is 14.7. The van der Waals surface area contributed by atoms with Crippen molar-refractivity contribution in [2.45, 2.75) is 10.8 Å². The van der Waals surface area contributed by atoms with E-state index in [2.05, 4.69) is 371 Å². The van der Waals surface area contributed by atoms with Crippen molar-refractivity contribution >= 4 is 59.5 Å². The number of halogens is 1. The number of hydrogen-bond donors (Lipinski definition) is 1. The fraction of sp³-hybridized carbons (Fsp3) is 0.0233. The highest BCUT2D eigenvalue weighted by Crippen LogP contribution is 2.58. The average Bonchev–Trinajstić information content (AvgIpc) is 1.59. The Bertz CT molecular complexity index is 5150. The molecule has 0 atom stereocenters. The zero-order chi connectivity index (χ0) is 59.3. The largest absolute Gasteiger partial charge is 0.355 e. The van der Waals surface area contributed by atoms with Crippen molar-refractivity contribution in [3.05, 3.63) is 401 Å². The van der Waals surface area contributed by atoms with E-state index in [9.17, 15) is 0 Å². The molecule has 2 aliphatic rings. The second kappa shape index (κ2) is 22.5. The molecule has 420 valence electrons. The predicted octanol–water partition coefficient (Wildman–Crippen LogP) is 22.6. The van der Waals surface area contributed by atoms with Crippen LogP contribution in [0, 0.1) is 0 Å². The Morgan fingerprint density at radius 1 is 0.247 bits per heavy atom. The van der Waals surface area contributed by atoms with Crippen molar-refractivity contribution in [2.24, 2.45) is 0 Å². The molecule has 0 amide bonds. The van der Waals surface area contributed by atoms with E-state index >= 15 is 0 Å². The maximum Gasteiger partial charge on any atom is 0.0713 e. The zero-order valence-corrected chi connectivity index (χ0v) is 50.4. The summed E-state index contributed by atoms with van der Waals surface area (Å²) >= 11 is 3.59. The molecule has 18 rings (SSSR count). The third-order valence-electron chi connectivity index (χ3n) is 18.5. The summed E-state index contributed by atoms with van der Waals surface area (Å²) in [6.07, 6.45) is 0. The van der Waals surface area contributed by atoms with Crippen molar-refractivity contribution in [3.8, 4) is 50.2 Å². The number of hydrogen-bond acceptors (Lipinski definition) is 0. The highest BCUT2D eigenvalue weighted by atomic mass is 79.9. The SMILES string of the molecule is Brc1ccc(C2(c3ccccc3)c3ccccc3-c3ccccc32)cc1.c1ccc(-c2ccc3[nH]c4ccccc4c3c2)cc1.c1ccc(-c2ccc3c(c2)c2ccccc2n3-c2ccc(C3(c4ccccc4)c4ccccc4-c4ccccc43)cc2)cc1. The highest BCUT2D eigenvalue weighted by molar-refractivity contribution is 9.10. The number of nitrogens with zero attached hydrogens (tertiary/aromatic N) is 1. The standard InChI is InChI=1S/C43H29N.C25H17Br.C18H13N/c1-3-13-30(14-4-1)31-23-28-42-38(29-31)37-19-9-12-22-41(37)44(42)34-26-24-33(25-27-34)43(32-15-5-2-6-16-32)39-20-10-7-17-35(39)36-18-8-11-21-40(36)43;26-20-16-14-19(15-17-20)25(18-8-2-1-3-9-18)23-12-6-4-10-21(23)22-11-5-7-13-24(22)25;1-2-6-13(7-3-1)14-10-11-18-16(12-14)15-8-4-5-9-17(15)19-18/h1-29H;1-17H;1-12,19H. The lowest BCUT2D eigenvalue weighted by Gasteiger charge is -2.34. The van der Waals surface area contributed by atoms with E-state index in [1.807, 2.05) is 6.07 Å². The first-order valence-corrected chi connectivity index (χ1v) is 31.4. The summed E-state index contributed by atoms with van der Waals surface area (Å²) in [7, 11) is 0. The quantitative estimate of drug-likeness (QED) is 0.164. The molecular formula is C86H59BrN2. The monoisotopic (exact) mass is 1200 g/mol. The summed E-state index contributed by atoms with van der Waals surface area (Å²) in [4.78, 5) is 3.46. The van der Waals surface area contributed by atoms with Crippen LogP contribution in [0.2, 0.25) is 0 Å². The molecule has 16 aromatic rings. The van der Waals surface area contributed by atoms with Gasteiger partial charge in [-0.05, 0) is 150 Å². The summed E-state index contributed by atoms with van der Waals surface area (Å²) in [6.45, 7) is 0. The van der Waals surface area contributed by atoms with E-state index < -0.39 is 5.41 Å². The number of rotatable bonds is 7. The molecule has 14 aromatic carbocycles. The van der Waals surface area contributed by atoms with Crippen LogP contribution in [0.4, 0.5) is 0 Å². The van der Waals surface area contributed by atoms with Gasteiger partial charge in [0.05, 0.1) is 21.9 Å². The van der Waals surface area contributed by atoms with E-state index in [-0.39, 0.29) is 5.41 Å². The summed E-state index contributed by atoms with van der Waals surface area (Å²) < 4.78 is 3.51. The Morgan fingerprint density at radius 2 is 0.607 bits per heavy atom. The molecule has 1 N–H and O–H groups in total. The van der Waals surface area contributed by atoms with Crippen LogP contribution in [0.1, 0.15) is 44.5 Å². The van der Waals surface area contributed by atoms with E-state index in [1.165, 1.54) is 133 Å². The molecule has 2 aromatic heterocycles. The van der Waals surface area contributed by atoms with E-state index in [0.29, 0.717) is 0 Å². The van der Waals surface area contributed by atoms with Crippen molar-refractivity contribution in [2.75, 3.05) is 0 Å². The maximum atomic E-state index is 3.59. The summed E-state index contributed by atoms with van der Waals surface area (Å²) in [6, 6.07) is 127. The van der Waals surface area contributed by atoms with Crippen LogP contribution in [0.5, 0.6) is 0 Å². The Balaban J connectivity index is 0.000000119. The second-order valence-electron chi connectivity index (χ2n) is 23.2. The molecule has 2 heterocycles. The Morgan fingerprint density at radius 3 is 1.11 bits per heavy atom. The number of para-hydroxylation sites is 2. The summed E-state index contributed by atoms with van der Waals surface area (Å²) in [5.41, 5.74) is 26.1. The zero-order valence-electron chi connectivity index (χ0n) is 48.8. The molecule has 2 aliphatic carbocycles. The van der Waals surface area contributed by atoms with Gasteiger partial charge in [-0.2, -0.15) is 0 Å². The van der Waals surface area contributed by atoms with Gasteiger partial charge in [-0.3, -0.25) is 0 Å². The molecule has 2 nitrogen and oxygen atoms in total. The van der Waals surface area contributed by atoms with E-state index in [1.54, 1.807) is 0 Å². The predicted molar refractivity (Wildman–Crippen MR) is 376 cm³/mol. The van der Waals surface area contributed by atoms with Crippen LogP contribution in [0.3, 0.4) is 0 Å². The Kier molecular flexibility index (Phi) is 13.5. The van der Waals surface area contributed by atoms with Gasteiger partial charge >= 0.3 is 0 Å². The van der Waals surface area contributed by atoms with Gasteiger partial charge in [0.25, 0.3) is 0 Å². The first-order valence-electron chi connectivity index (χ1n) is 30.6. The van der Waals surface area contributed by atoms with Crippen molar-refractivity contribution < 1.29 is 0 Å². The van der Waals surface area contributed by atoms with E-state index in [4.69, 9.17) is 0 Å². The minimum absolute atomic E-state index is 0.283. The number of aromatic amines is 1. The van der Waals surface area contributed by atoms with Gasteiger partial charge in [0, 0.05) is 42.7 Å². The van der Waals surface area contributed by atoms with E-state index in [0.717, 1.165) is 10.2 Å². The number of benzene rings is 14. The molecule has 0 saturated carbocycles. The lowest BCUT2D eigenvalue weighted by atomic mass is 9.68. The van der Waals surface area contributed by atoms with Crippen LogP contribution < -0.4 is 0 Å². The van der Waals surface area contributed by atoms with Gasteiger partial charge in [0.15, 0.2) is 0 Å². The molecule has 3 heteroatoms. The summed E-state index contributed by atoms with van der Waals surface area (Å²) in [5, 5.41) is 5.11. The minimum atomic E-state index is -0.390. The topological polar surface area (TPSA) is 20.7 Å². The van der Waals surface area contributed by atoms with Crippen molar-refractivity contribution in [1.82, 2.24) is 9.55 Å². The van der Waals surface area contributed by atoms with Crippen LogP contribution >= 0.6 is 15.9 Å². The average molecular weight is 1200 g/mol. The van der Waals surface area contributed by atoms with Gasteiger partial charge in [-0.25, -0.2) is 0 Å². The molecule has 0 bridgehead atoms. The Hall–Kier alpha value is -10.8. The molecular weight excluding hydrogens is 1140 g/mol. The normalized spacial score (nSPS) is 13.0. The van der Waals surface area contributed by atoms with Gasteiger partial charge in [0.2, 0.25) is 0 Å². The first-order chi connectivity index (χ1) is 44.1. The van der Waals surface area contributed by atoms with Crippen molar-refractivity contribution in [3.63, 3.8) is 0 Å². The lowest BCUT2D eigenvalue weighted by Crippen LogP contribution is -2.28. The molecule has 89 heavy (non-hydrogen) atoms. The molecule has 0 aliphatic heterocycles. The molecule has 0 unspecified atom stereocenters. The number of aromatic nitrogens is 2. The fourth-order valence-corrected chi connectivity index (χ4v) is 15.0. The smallest absolute Gasteiger partial charge is 0.0713 e. The van der Waals surface area contributed by atoms with Crippen LogP contribution in [0.25, 0.3) is 93.8 Å². The third kappa shape index (κ3) is 8.91. The molecule has 0 spiro atoms. The maximum absolute atomic E-state index is 3.59.